The monoisotopic (exact) mass is 862 g/mol. The number of benzene rings is 6. The molecule has 64 heavy (non-hydrogen) atoms. The molecular weight excluding hydrogens is 817 g/mol. The number of methoxy groups -OCH3 is 4. The Kier molecular flexibility index (Phi) is 16.1. The number of hydrogen-bond acceptors (Lipinski definition) is 12. The van der Waals surface area contributed by atoms with Crippen LogP contribution in [0, 0.1) is 0 Å². The Balaban J connectivity index is 1.42. The molecule has 0 amide bonds. The topological polar surface area (TPSA) is 142 Å². The summed E-state index contributed by atoms with van der Waals surface area (Å²) in [6.45, 7) is 0. The third-order valence-electron chi connectivity index (χ3n) is 9.74. The lowest BCUT2D eigenvalue weighted by atomic mass is 10.0. The van der Waals surface area contributed by atoms with Crippen LogP contribution in [-0.2, 0) is 38.1 Å². The molecule has 0 bridgehead atoms. The van der Waals surface area contributed by atoms with E-state index in [0.29, 0.717) is 56.4 Å². The molecule has 0 fully saturated rings. The van der Waals surface area contributed by atoms with Gasteiger partial charge in [0.15, 0.2) is 35.2 Å². The van der Waals surface area contributed by atoms with Gasteiger partial charge in [0.2, 0.25) is 12.2 Å². The van der Waals surface area contributed by atoms with Crippen LogP contribution in [0.3, 0.4) is 0 Å². The Labute approximate surface area is 371 Å². The molecule has 0 unspecified atom stereocenters. The highest BCUT2D eigenvalue weighted by molar-refractivity contribution is 5.95. The smallest absolute Gasteiger partial charge is 0.353 e. The van der Waals surface area contributed by atoms with E-state index in [1.165, 1.54) is 40.6 Å². The molecule has 0 heterocycles. The van der Waals surface area contributed by atoms with E-state index in [0.717, 1.165) is 12.2 Å². The fourth-order valence-electron chi connectivity index (χ4n) is 6.57. The van der Waals surface area contributed by atoms with E-state index in [2.05, 4.69) is 0 Å². The second-order valence-electron chi connectivity index (χ2n) is 13.9. The van der Waals surface area contributed by atoms with Gasteiger partial charge in [0.05, 0.1) is 28.4 Å². The second-order valence-corrected chi connectivity index (χ2v) is 13.9. The zero-order valence-corrected chi connectivity index (χ0v) is 35.5. The lowest BCUT2D eigenvalue weighted by molar-refractivity contribution is -0.191. The lowest BCUT2D eigenvalue weighted by Gasteiger charge is -2.28. The van der Waals surface area contributed by atoms with E-state index >= 15 is 0 Å². The van der Waals surface area contributed by atoms with Crippen molar-refractivity contribution in [3.8, 4) is 23.0 Å². The Morgan fingerprint density at radius 3 is 0.953 bits per heavy atom. The minimum absolute atomic E-state index is 0.398. The van der Waals surface area contributed by atoms with Crippen LogP contribution in [0.25, 0.3) is 12.2 Å². The summed E-state index contributed by atoms with van der Waals surface area (Å²) in [7, 11) is 5.92. The first-order chi connectivity index (χ1) is 31.2. The van der Waals surface area contributed by atoms with Gasteiger partial charge in [-0.05, 0) is 69.8 Å². The molecule has 0 aromatic heterocycles. The van der Waals surface area contributed by atoms with Crippen molar-refractivity contribution in [1.82, 2.24) is 0 Å². The van der Waals surface area contributed by atoms with E-state index in [1.54, 1.807) is 158 Å². The first-order valence-electron chi connectivity index (χ1n) is 20.0. The van der Waals surface area contributed by atoms with Crippen LogP contribution in [0.4, 0.5) is 0 Å². The van der Waals surface area contributed by atoms with E-state index in [1.807, 2.05) is 0 Å². The van der Waals surface area contributed by atoms with Gasteiger partial charge in [0.25, 0.3) is 0 Å². The normalized spacial score (nSPS) is 12.0. The van der Waals surface area contributed by atoms with Crippen molar-refractivity contribution in [2.75, 3.05) is 28.4 Å². The second kappa shape index (κ2) is 22.6. The molecule has 6 aromatic carbocycles. The molecule has 0 spiro atoms. The average molecular weight is 863 g/mol. The van der Waals surface area contributed by atoms with Crippen molar-refractivity contribution in [3.63, 3.8) is 0 Å². The summed E-state index contributed by atoms with van der Waals surface area (Å²) in [6.07, 6.45) is -1.57. The summed E-state index contributed by atoms with van der Waals surface area (Å²) in [6, 6.07) is 45.3. The van der Waals surface area contributed by atoms with Crippen molar-refractivity contribution in [2.24, 2.45) is 0 Å². The molecule has 6 rings (SSSR count). The van der Waals surface area contributed by atoms with Gasteiger partial charge < -0.3 is 37.9 Å². The number of carbonyl (C=O) groups excluding carboxylic acids is 4. The molecule has 2 atom stereocenters. The highest BCUT2D eigenvalue weighted by atomic mass is 16.6. The van der Waals surface area contributed by atoms with Crippen molar-refractivity contribution in [3.05, 3.63) is 203 Å². The maximum Gasteiger partial charge on any atom is 0.353 e. The first kappa shape index (κ1) is 45.4. The van der Waals surface area contributed by atoms with Gasteiger partial charge in [-0.1, -0.05) is 133 Å². The van der Waals surface area contributed by atoms with Gasteiger partial charge in [0, 0.05) is 12.2 Å². The van der Waals surface area contributed by atoms with Crippen LogP contribution < -0.4 is 18.9 Å². The highest BCUT2D eigenvalue weighted by Gasteiger charge is 2.44. The largest absolute Gasteiger partial charge is 0.493 e. The Hall–Kier alpha value is -8.12. The minimum Gasteiger partial charge on any atom is -0.493 e. The van der Waals surface area contributed by atoms with Gasteiger partial charge in [-0.2, -0.15) is 0 Å². The molecule has 0 aliphatic carbocycles. The number of ether oxygens (including phenoxy) is 8. The Morgan fingerprint density at radius 1 is 0.375 bits per heavy atom. The van der Waals surface area contributed by atoms with E-state index in [4.69, 9.17) is 37.9 Å². The molecule has 12 nitrogen and oxygen atoms in total. The summed E-state index contributed by atoms with van der Waals surface area (Å²) in [5.41, 5.74) is 3.31. The van der Waals surface area contributed by atoms with Crippen LogP contribution in [0.5, 0.6) is 23.0 Å². The molecule has 0 saturated heterocycles. The maximum absolute atomic E-state index is 14.7. The zero-order chi connectivity index (χ0) is 45.3. The summed E-state index contributed by atoms with van der Waals surface area (Å²) in [4.78, 5) is 57.1. The van der Waals surface area contributed by atoms with Crippen LogP contribution >= 0.6 is 0 Å². The van der Waals surface area contributed by atoms with Gasteiger partial charge in [0.1, 0.15) is 0 Å². The van der Waals surface area contributed by atoms with Crippen LogP contribution in [0.2, 0.25) is 0 Å². The lowest BCUT2D eigenvalue weighted by Crippen LogP contribution is -2.47. The molecule has 0 saturated carbocycles. The molecule has 0 radical (unpaired) electrons. The standard InChI is InChI=1S/C52H46O12/c1-57-41-29-25-35(33-43(41)59-3)27-31-45(53)61-49(51(55)63-47(37-17-9-5-10-18-37)38-19-11-6-12-20-38)50(62-46(54)32-28-36-26-30-42(58-2)44(34-36)60-4)52(56)64-48(39-21-13-7-14-22-39)40-23-15-8-16-24-40/h5-34,47-50H,1-4H3/b31-27+,32-28+/t49-,50+. The summed E-state index contributed by atoms with van der Waals surface area (Å²) in [5.74, 6) is -2.85. The number of esters is 4. The van der Waals surface area contributed by atoms with Gasteiger partial charge in [-0.15, -0.1) is 0 Å². The third-order valence-corrected chi connectivity index (χ3v) is 9.74. The average Bonchev–Trinajstić information content (AvgIpc) is 3.35. The van der Waals surface area contributed by atoms with Gasteiger partial charge in [-0.3, -0.25) is 0 Å². The number of carbonyl (C=O) groups is 4. The van der Waals surface area contributed by atoms with E-state index in [-0.39, 0.29) is 0 Å². The van der Waals surface area contributed by atoms with Crippen LogP contribution in [-0.4, -0.2) is 64.5 Å². The van der Waals surface area contributed by atoms with Crippen molar-refractivity contribution < 1.29 is 57.1 Å². The van der Waals surface area contributed by atoms with E-state index < -0.39 is 48.3 Å². The fraction of sp³-hybridized carbons (Fsp3) is 0.154. The molecule has 12 heteroatoms. The number of hydrogen-bond donors (Lipinski definition) is 0. The molecule has 0 aliphatic rings. The van der Waals surface area contributed by atoms with Crippen molar-refractivity contribution in [2.45, 2.75) is 24.4 Å². The van der Waals surface area contributed by atoms with Crippen molar-refractivity contribution in [1.29, 1.82) is 0 Å². The predicted octanol–water partition coefficient (Wildman–Crippen LogP) is 8.94. The Morgan fingerprint density at radius 2 is 0.672 bits per heavy atom. The minimum atomic E-state index is -2.20. The maximum atomic E-state index is 14.7. The number of rotatable bonds is 19. The summed E-state index contributed by atoms with van der Waals surface area (Å²) < 4.78 is 45.4. The molecule has 0 aliphatic heterocycles. The predicted molar refractivity (Wildman–Crippen MR) is 239 cm³/mol. The SMILES string of the molecule is COc1ccc(/C=C/C(=O)O[C@H](C(=O)OC(c2ccccc2)c2ccccc2)[C@@H](OC(=O)/C=C/c2ccc(OC)c(OC)c2)C(=O)OC(c2ccccc2)c2ccccc2)cc1OC. The molecule has 326 valence electrons. The third kappa shape index (κ3) is 12.0. The van der Waals surface area contributed by atoms with Crippen molar-refractivity contribution >= 4 is 36.0 Å². The van der Waals surface area contributed by atoms with Gasteiger partial charge >= 0.3 is 23.9 Å². The molecular formula is C52H46O12. The summed E-state index contributed by atoms with van der Waals surface area (Å²) in [5, 5.41) is 0. The first-order valence-corrected chi connectivity index (χ1v) is 20.0. The molecule has 0 N–H and O–H groups in total. The summed E-state index contributed by atoms with van der Waals surface area (Å²) >= 11 is 0. The van der Waals surface area contributed by atoms with Gasteiger partial charge in [-0.25, -0.2) is 19.2 Å². The zero-order valence-electron chi connectivity index (χ0n) is 35.5. The highest BCUT2D eigenvalue weighted by Crippen LogP contribution is 2.32. The quantitative estimate of drug-likeness (QED) is 0.0436. The fourth-order valence-corrected chi connectivity index (χ4v) is 6.57. The Bertz CT molecular complexity index is 2280. The van der Waals surface area contributed by atoms with Crippen LogP contribution in [0.1, 0.15) is 45.6 Å². The van der Waals surface area contributed by atoms with Crippen LogP contribution in [0.15, 0.2) is 170 Å². The van der Waals surface area contributed by atoms with E-state index in [9.17, 15) is 19.2 Å². The molecule has 6 aromatic rings.